The summed E-state index contributed by atoms with van der Waals surface area (Å²) in [5.41, 5.74) is 8.01. The fourth-order valence-corrected chi connectivity index (χ4v) is 2.23. The van der Waals surface area contributed by atoms with E-state index in [1.54, 1.807) is 45.0 Å². The number of carbonyl (C=O) groups excluding carboxylic acids is 3. The molecule has 1 aromatic rings. The predicted octanol–water partition coefficient (Wildman–Crippen LogP) is 1.48. The van der Waals surface area contributed by atoms with E-state index >= 15 is 0 Å². The predicted molar refractivity (Wildman–Crippen MR) is 113 cm³/mol. The zero-order chi connectivity index (χ0) is 23.2. The first-order valence-corrected chi connectivity index (χ1v) is 9.62. The van der Waals surface area contributed by atoms with E-state index in [4.69, 9.17) is 19.9 Å². The first-order chi connectivity index (χ1) is 14.8. The Morgan fingerprint density at radius 1 is 1.00 bits per heavy atom. The van der Waals surface area contributed by atoms with Gasteiger partial charge in [-0.3, -0.25) is 4.79 Å². The number of aliphatic hydroxyl groups excluding tert-OH is 1. The number of carbonyl (C=O) groups is 3. The average molecular weight is 433 g/mol. The lowest BCUT2D eigenvalue weighted by molar-refractivity contribution is -0.138. The van der Waals surface area contributed by atoms with E-state index in [0.29, 0.717) is 0 Å². The fourth-order valence-electron chi connectivity index (χ4n) is 2.23. The quantitative estimate of drug-likeness (QED) is 0.0903. The molecule has 31 heavy (non-hydrogen) atoms. The molecule has 0 saturated carbocycles. The molecule has 0 aliphatic heterocycles. The SMILES string of the molecule is CCOC(=O)C(=C/C(C(=O)OCC)=C(/O)OCC)/C(N)=N/NC(=O)Cc1ccccc1. The van der Waals surface area contributed by atoms with Gasteiger partial charge in [0.05, 0.1) is 26.2 Å². The number of nitrogens with one attached hydrogen (secondary N) is 1. The first-order valence-electron chi connectivity index (χ1n) is 9.62. The summed E-state index contributed by atoms with van der Waals surface area (Å²) in [4.78, 5) is 36.6. The van der Waals surface area contributed by atoms with Crippen molar-refractivity contribution < 1.29 is 33.7 Å². The van der Waals surface area contributed by atoms with E-state index in [9.17, 15) is 19.5 Å². The van der Waals surface area contributed by atoms with Gasteiger partial charge in [-0.05, 0) is 32.4 Å². The molecule has 168 valence electrons. The summed E-state index contributed by atoms with van der Waals surface area (Å²) in [6.45, 7) is 4.82. The summed E-state index contributed by atoms with van der Waals surface area (Å²) in [5.74, 6) is -3.55. The van der Waals surface area contributed by atoms with E-state index in [1.807, 2.05) is 6.07 Å². The first kappa shape index (κ1) is 25.2. The molecule has 0 atom stereocenters. The number of nitrogens with two attached hydrogens (primary N) is 1. The smallest absolute Gasteiger partial charge is 0.345 e. The normalized spacial score (nSPS) is 12.5. The van der Waals surface area contributed by atoms with Gasteiger partial charge in [0, 0.05) is 0 Å². The lowest BCUT2D eigenvalue weighted by atomic mass is 10.1. The highest BCUT2D eigenvalue weighted by Crippen LogP contribution is 2.13. The van der Waals surface area contributed by atoms with Gasteiger partial charge in [-0.15, -0.1) is 0 Å². The van der Waals surface area contributed by atoms with Gasteiger partial charge in [0.1, 0.15) is 11.1 Å². The van der Waals surface area contributed by atoms with Crippen molar-refractivity contribution in [1.82, 2.24) is 5.43 Å². The molecule has 0 unspecified atom stereocenters. The number of rotatable bonds is 11. The summed E-state index contributed by atoms with van der Waals surface area (Å²) in [6, 6.07) is 8.93. The van der Waals surface area contributed by atoms with Crippen molar-refractivity contribution in [3.63, 3.8) is 0 Å². The maximum atomic E-state index is 12.4. The molecule has 0 heterocycles. The number of hydrazone groups is 1. The molecule has 0 bridgehead atoms. The Morgan fingerprint density at radius 2 is 1.58 bits per heavy atom. The number of ether oxygens (including phenoxy) is 3. The van der Waals surface area contributed by atoms with Gasteiger partial charge in [-0.25, -0.2) is 15.0 Å². The summed E-state index contributed by atoms with van der Waals surface area (Å²) >= 11 is 0. The van der Waals surface area contributed by atoms with Gasteiger partial charge in [-0.2, -0.15) is 5.10 Å². The van der Waals surface area contributed by atoms with Crippen LogP contribution < -0.4 is 11.2 Å². The van der Waals surface area contributed by atoms with Crippen LogP contribution in [0.4, 0.5) is 0 Å². The van der Waals surface area contributed by atoms with Gasteiger partial charge in [0.2, 0.25) is 5.91 Å². The molecular formula is C21H27N3O7. The summed E-state index contributed by atoms with van der Waals surface area (Å²) in [6.07, 6.45) is 0.971. The number of hydrogen-bond acceptors (Lipinski definition) is 8. The van der Waals surface area contributed by atoms with Gasteiger partial charge in [-0.1, -0.05) is 30.3 Å². The second kappa shape index (κ2) is 13.4. The standard InChI is InChI=1S/C21H27N3O7/c1-4-29-19(26)15(13-16(20(27)30-5-2)21(28)31-6-3)18(22)24-23-17(25)12-14-10-8-7-9-11-14/h7-11,13,27H,4-6,12H2,1-3H3,(H2,22,24)(H,23,25)/b15-13+,20-16+. The van der Waals surface area contributed by atoms with Crippen LogP contribution in [0.25, 0.3) is 0 Å². The molecule has 10 heteroatoms. The summed E-state index contributed by atoms with van der Waals surface area (Å²) in [7, 11) is 0. The minimum absolute atomic E-state index is 0.0136. The molecule has 10 nitrogen and oxygen atoms in total. The van der Waals surface area contributed by atoms with Crippen LogP contribution in [-0.4, -0.2) is 48.6 Å². The number of aliphatic hydroxyl groups is 1. The van der Waals surface area contributed by atoms with Gasteiger partial charge in [0.25, 0.3) is 5.95 Å². The highest BCUT2D eigenvalue weighted by Gasteiger charge is 2.23. The Morgan fingerprint density at radius 3 is 2.16 bits per heavy atom. The Labute approximate surface area is 180 Å². The van der Waals surface area contributed by atoms with Crippen LogP contribution in [-0.2, 0) is 35.0 Å². The molecule has 0 aromatic heterocycles. The second-order valence-corrected chi connectivity index (χ2v) is 5.85. The number of hydrogen-bond donors (Lipinski definition) is 3. The summed E-state index contributed by atoms with van der Waals surface area (Å²) in [5, 5.41) is 13.8. The minimum Gasteiger partial charge on any atom is -0.480 e. The number of nitrogens with zero attached hydrogens (tertiary/aromatic N) is 1. The van der Waals surface area contributed by atoms with E-state index in [1.165, 1.54) is 0 Å². The van der Waals surface area contributed by atoms with E-state index in [-0.39, 0.29) is 31.8 Å². The lowest BCUT2D eigenvalue weighted by Gasteiger charge is -2.10. The molecule has 1 aromatic carbocycles. The second-order valence-electron chi connectivity index (χ2n) is 5.85. The van der Waals surface area contributed by atoms with E-state index < -0.39 is 35.2 Å². The van der Waals surface area contributed by atoms with Crippen molar-refractivity contribution in [2.75, 3.05) is 19.8 Å². The van der Waals surface area contributed by atoms with Crippen molar-refractivity contribution >= 4 is 23.7 Å². The van der Waals surface area contributed by atoms with Crippen molar-refractivity contribution in [3.05, 3.63) is 59.1 Å². The third-order valence-corrected chi connectivity index (χ3v) is 3.58. The molecule has 0 spiro atoms. The molecule has 0 aliphatic rings. The number of esters is 2. The minimum atomic E-state index is -0.948. The van der Waals surface area contributed by atoms with Gasteiger partial charge >= 0.3 is 11.9 Å². The maximum absolute atomic E-state index is 12.4. The Balaban J connectivity index is 3.21. The van der Waals surface area contributed by atoms with Crippen LogP contribution >= 0.6 is 0 Å². The molecule has 1 amide bonds. The molecular weight excluding hydrogens is 406 g/mol. The van der Waals surface area contributed by atoms with Crippen LogP contribution in [0.5, 0.6) is 0 Å². The molecule has 0 aliphatic carbocycles. The topological polar surface area (TPSA) is 150 Å². The highest BCUT2D eigenvalue weighted by molar-refractivity contribution is 6.19. The zero-order valence-corrected chi connectivity index (χ0v) is 17.7. The number of amides is 1. The maximum Gasteiger partial charge on any atom is 0.345 e. The lowest BCUT2D eigenvalue weighted by Crippen LogP contribution is -2.29. The van der Waals surface area contributed by atoms with Crippen LogP contribution in [0, 0.1) is 0 Å². The largest absolute Gasteiger partial charge is 0.480 e. The van der Waals surface area contributed by atoms with E-state index in [0.717, 1.165) is 11.6 Å². The molecule has 1 rings (SSSR count). The average Bonchev–Trinajstić information content (AvgIpc) is 2.73. The number of amidine groups is 1. The number of benzene rings is 1. The van der Waals surface area contributed by atoms with Crippen LogP contribution in [0.2, 0.25) is 0 Å². The summed E-state index contributed by atoms with van der Waals surface area (Å²) < 4.78 is 14.7. The third kappa shape index (κ3) is 8.60. The fraction of sp³-hybridized carbons (Fsp3) is 0.333. The molecule has 4 N–H and O–H groups in total. The Hall–Kier alpha value is -3.82. The monoisotopic (exact) mass is 433 g/mol. The van der Waals surface area contributed by atoms with Crippen molar-refractivity contribution in [3.8, 4) is 0 Å². The highest BCUT2D eigenvalue weighted by atomic mass is 16.6. The van der Waals surface area contributed by atoms with Gasteiger partial charge in [0.15, 0.2) is 5.84 Å². The van der Waals surface area contributed by atoms with Crippen LogP contribution in [0.15, 0.2) is 58.6 Å². The van der Waals surface area contributed by atoms with Crippen molar-refractivity contribution in [2.45, 2.75) is 27.2 Å². The van der Waals surface area contributed by atoms with Gasteiger partial charge < -0.3 is 25.1 Å². The van der Waals surface area contributed by atoms with Crippen LogP contribution in [0.1, 0.15) is 26.3 Å². The van der Waals surface area contributed by atoms with E-state index in [2.05, 4.69) is 10.5 Å². The Bertz CT molecular complexity index is 861. The Kier molecular flexibility index (Phi) is 10.9. The van der Waals surface area contributed by atoms with Crippen LogP contribution in [0.3, 0.4) is 0 Å². The third-order valence-electron chi connectivity index (χ3n) is 3.58. The molecule has 0 radical (unpaired) electrons. The zero-order valence-electron chi connectivity index (χ0n) is 17.7. The van der Waals surface area contributed by atoms with Crippen molar-refractivity contribution in [2.24, 2.45) is 10.8 Å². The molecule has 0 fully saturated rings. The molecule has 0 saturated heterocycles. The van der Waals surface area contributed by atoms with Crippen molar-refractivity contribution in [1.29, 1.82) is 0 Å².